The van der Waals surface area contributed by atoms with Crippen molar-refractivity contribution in [3.05, 3.63) is 53.7 Å². The highest BCUT2D eigenvalue weighted by molar-refractivity contribution is 5.94. The van der Waals surface area contributed by atoms with Crippen molar-refractivity contribution < 1.29 is 4.39 Å². The zero-order valence-corrected chi connectivity index (χ0v) is 16.7. The fourth-order valence-electron chi connectivity index (χ4n) is 3.78. The summed E-state index contributed by atoms with van der Waals surface area (Å²) in [5.74, 6) is -0.263. The van der Waals surface area contributed by atoms with Gasteiger partial charge < -0.3 is 5.32 Å². The van der Waals surface area contributed by atoms with E-state index in [1.165, 1.54) is 12.8 Å². The molecule has 3 aromatic heterocycles. The molecular weight excluding hydrogens is 367 g/mol. The third kappa shape index (κ3) is 3.11. The number of nitrogens with one attached hydrogen (secondary N) is 2. The minimum absolute atomic E-state index is 0.0798. The standard InChI is InChI=1S/C22H23FN6/c1-12-6-14(13(2)24-3)7-18(23)21(12)19-8-17-20(10-25-19)27-28-22(17)15-9-26-29(11-15)16-4-5-16/h6-11,13,16,24H,4-5H2,1-3H3,(H,27,28)/t13-/m1/s1. The first-order valence-electron chi connectivity index (χ1n) is 9.91. The summed E-state index contributed by atoms with van der Waals surface area (Å²) in [6.07, 6.45) is 7.95. The molecule has 3 heterocycles. The van der Waals surface area contributed by atoms with Crippen LogP contribution < -0.4 is 5.32 Å². The second-order valence-corrected chi connectivity index (χ2v) is 7.83. The highest BCUT2D eigenvalue weighted by Crippen LogP contribution is 2.36. The molecule has 1 fully saturated rings. The Morgan fingerprint density at radius 3 is 2.79 bits per heavy atom. The van der Waals surface area contributed by atoms with E-state index in [2.05, 4.69) is 25.6 Å². The van der Waals surface area contributed by atoms with Crippen molar-refractivity contribution in [3.8, 4) is 22.5 Å². The number of hydrogen-bond donors (Lipinski definition) is 2. The number of rotatable bonds is 5. The van der Waals surface area contributed by atoms with Crippen molar-refractivity contribution in [2.24, 2.45) is 0 Å². The number of pyridine rings is 1. The van der Waals surface area contributed by atoms with Crippen LogP contribution in [0.15, 0.2) is 36.8 Å². The van der Waals surface area contributed by atoms with Gasteiger partial charge in [0.05, 0.1) is 29.6 Å². The minimum atomic E-state index is -0.263. The molecule has 29 heavy (non-hydrogen) atoms. The summed E-state index contributed by atoms with van der Waals surface area (Å²) >= 11 is 0. The smallest absolute Gasteiger partial charge is 0.133 e. The molecule has 2 N–H and O–H groups in total. The second kappa shape index (κ2) is 6.77. The van der Waals surface area contributed by atoms with Gasteiger partial charge in [-0.05, 0) is 57.0 Å². The van der Waals surface area contributed by atoms with E-state index < -0.39 is 0 Å². The first kappa shape index (κ1) is 18.0. The van der Waals surface area contributed by atoms with Gasteiger partial charge in [-0.1, -0.05) is 6.07 Å². The predicted octanol–water partition coefficient (Wildman–Crippen LogP) is 4.55. The van der Waals surface area contributed by atoms with Gasteiger partial charge in [0.15, 0.2) is 0 Å². The number of aromatic nitrogens is 5. The van der Waals surface area contributed by atoms with E-state index in [-0.39, 0.29) is 11.9 Å². The van der Waals surface area contributed by atoms with Crippen molar-refractivity contribution in [1.82, 2.24) is 30.3 Å². The maximum Gasteiger partial charge on any atom is 0.133 e. The first-order valence-corrected chi connectivity index (χ1v) is 9.91. The summed E-state index contributed by atoms with van der Waals surface area (Å²) in [5, 5.41) is 16.0. The Kier molecular flexibility index (Phi) is 4.20. The molecule has 0 amide bonds. The second-order valence-electron chi connectivity index (χ2n) is 7.83. The lowest BCUT2D eigenvalue weighted by Gasteiger charge is -2.15. The molecule has 1 aromatic carbocycles. The van der Waals surface area contributed by atoms with Crippen LogP contribution in [0.2, 0.25) is 0 Å². The molecular formula is C22H23FN6. The molecule has 7 heteroatoms. The third-order valence-corrected chi connectivity index (χ3v) is 5.74. The van der Waals surface area contributed by atoms with Crippen LogP contribution in [0, 0.1) is 12.7 Å². The van der Waals surface area contributed by atoms with E-state index in [1.54, 1.807) is 12.3 Å². The van der Waals surface area contributed by atoms with Gasteiger partial charge in [-0.3, -0.25) is 14.8 Å². The van der Waals surface area contributed by atoms with Crippen molar-refractivity contribution in [1.29, 1.82) is 0 Å². The molecule has 0 unspecified atom stereocenters. The Morgan fingerprint density at radius 1 is 1.24 bits per heavy atom. The highest BCUT2D eigenvalue weighted by Gasteiger charge is 2.25. The van der Waals surface area contributed by atoms with E-state index in [4.69, 9.17) is 0 Å². The van der Waals surface area contributed by atoms with Gasteiger partial charge in [-0.15, -0.1) is 0 Å². The van der Waals surface area contributed by atoms with Crippen molar-refractivity contribution in [2.75, 3.05) is 7.05 Å². The number of H-pyrrole nitrogens is 1. The maximum absolute atomic E-state index is 15.0. The van der Waals surface area contributed by atoms with Gasteiger partial charge in [0.2, 0.25) is 0 Å². The number of aromatic amines is 1. The van der Waals surface area contributed by atoms with Crippen LogP contribution in [-0.2, 0) is 0 Å². The monoisotopic (exact) mass is 390 g/mol. The summed E-state index contributed by atoms with van der Waals surface area (Å²) in [4.78, 5) is 4.50. The van der Waals surface area contributed by atoms with Crippen LogP contribution in [0.4, 0.5) is 4.39 Å². The maximum atomic E-state index is 15.0. The SMILES string of the molecule is CN[C@H](C)c1cc(C)c(-c2cc3c(-c4cnn(C5CC5)c4)n[nH]c3cn2)c(F)c1. The van der Waals surface area contributed by atoms with Crippen LogP contribution in [0.25, 0.3) is 33.4 Å². The van der Waals surface area contributed by atoms with E-state index >= 15 is 4.39 Å². The lowest BCUT2D eigenvalue weighted by Crippen LogP contribution is -2.13. The van der Waals surface area contributed by atoms with Gasteiger partial charge in [-0.25, -0.2) is 4.39 Å². The Labute approximate surface area is 168 Å². The van der Waals surface area contributed by atoms with E-state index in [0.717, 1.165) is 33.3 Å². The van der Waals surface area contributed by atoms with Crippen molar-refractivity contribution in [3.63, 3.8) is 0 Å². The Bertz CT molecular complexity index is 1180. The number of nitrogens with zero attached hydrogens (tertiary/aromatic N) is 4. The molecule has 1 atom stereocenters. The van der Waals surface area contributed by atoms with Crippen LogP contribution >= 0.6 is 0 Å². The van der Waals surface area contributed by atoms with Crippen LogP contribution in [-0.4, -0.2) is 32.0 Å². The van der Waals surface area contributed by atoms with Crippen LogP contribution in [0.5, 0.6) is 0 Å². The summed E-state index contributed by atoms with van der Waals surface area (Å²) in [7, 11) is 1.87. The van der Waals surface area contributed by atoms with Crippen LogP contribution in [0.3, 0.4) is 0 Å². The van der Waals surface area contributed by atoms with Gasteiger partial charge in [0.25, 0.3) is 0 Å². The topological polar surface area (TPSA) is 71.4 Å². The molecule has 0 aliphatic heterocycles. The average Bonchev–Trinajstić information content (AvgIpc) is 3.30. The quantitative estimate of drug-likeness (QED) is 0.524. The van der Waals surface area contributed by atoms with Crippen LogP contribution in [0.1, 0.15) is 43.0 Å². The molecule has 0 spiro atoms. The normalized spacial score (nSPS) is 15.2. The molecule has 1 saturated carbocycles. The van der Waals surface area contributed by atoms with E-state index in [1.807, 2.05) is 50.1 Å². The van der Waals surface area contributed by atoms with Crippen molar-refractivity contribution in [2.45, 2.75) is 38.8 Å². The Morgan fingerprint density at radius 2 is 2.07 bits per heavy atom. The zero-order valence-electron chi connectivity index (χ0n) is 16.7. The number of halogens is 1. The van der Waals surface area contributed by atoms with E-state index in [9.17, 15) is 0 Å². The molecule has 5 rings (SSSR count). The van der Waals surface area contributed by atoms with Gasteiger partial charge >= 0.3 is 0 Å². The number of fused-ring (bicyclic) bond motifs is 1. The lowest BCUT2D eigenvalue weighted by molar-refractivity contribution is 0.609. The highest BCUT2D eigenvalue weighted by atomic mass is 19.1. The average molecular weight is 390 g/mol. The minimum Gasteiger partial charge on any atom is -0.313 e. The molecule has 1 aliphatic rings. The fraction of sp³-hybridized carbons (Fsp3) is 0.318. The van der Waals surface area contributed by atoms with Gasteiger partial charge in [-0.2, -0.15) is 10.2 Å². The molecule has 148 valence electrons. The van der Waals surface area contributed by atoms with E-state index in [0.29, 0.717) is 17.3 Å². The summed E-state index contributed by atoms with van der Waals surface area (Å²) in [5.41, 5.74) is 5.50. The van der Waals surface area contributed by atoms with Gasteiger partial charge in [0, 0.05) is 28.8 Å². The summed E-state index contributed by atoms with van der Waals surface area (Å²) in [6, 6.07) is 6.11. The molecule has 0 radical (unpaired) electrons. The Hall–Kier alpha value is -3.06. The zero-order chi connectivity index (χ0) is 20.1. The molecule has 4 aromatic rings. The largest absolute Gasteiger partial charge is 0.313 e. The fourth-order valence-corrected chi connectivity index (χ4v) is 3.78. The summed E-state index contributed by atoms with van der Waals surface area (Å²) in [6.45, 7) is 3.93. The number of aryl methyl sites for hydroxylation is 1. The van der Waals surface area contributed by atoms with Crippen molar-refractivity contribution >= 4 is 10.9 Å². The lowest BCUT2D eigenvalue weighted by atomic mass is 9.97. The first-order chi connectivity index (χ1) is 14.0. The third-order valence-electron chi connectivity index (χ3n) is 5.74. The number of hydrogen-bond acceptors (Lipinski definition) is 4. The Balaban J connectivity index is 1.59. The molecule has 6 nitrogen and oxygen atoms in total. The predicted molar refractivity (Wildman–Crippen MR) is 111 cm³/mol. The summed E-state index contributed by atoms with van der Waals surface area (Å²) < 4.78 is 17.0. The molecule has 0 bridgehead atoms. The molecule has 1 aliphatic carbocycles. The molecule has 0 saturated heterocycles. The van der Waals surface area contributed by atoms with Gasteiger partial charge in [0.1, 0.15) is 11.5 Å². The number of benzene rings is 1.